The number of fused-ring (bicyclic) bond motifs is 1. The number of nitrogens with one attached hydrogen (secondary N) is 1. The second-order valence-corrected chi connectivity index (χ2v) is 8.47. The van der Waals surface area contributed by atoms with Crippen LogP contribution in [0.1, 0.15) is 16.1 Å². The van der Waals surface area contributed by atoms with Gasteiger partial charge < -0.3 is 9.80 Å². The van der Waals surface area contributed by atoms with Gasteiger partial charge in [-0.1, -0.05) is 30.3 Å². The van der Waals surface area contributed by atoms with Gasteiger partial charge in [0.05, 0.1) is 5.69 Å². The Morgan fingerprint density at radius 2 is 1.86 bits per heavy atom. The molecule has 148 valence electrons. The predicted octanol–water partition coefficient (Wildman–Crippen LogP) is 1.41. The summed E-state index contributed by atoms with van der Waals surface area (Å²) in [6.07, 6.45) is 0.884. The van der Waals surface area contributed by atoms with E-state index in [0.717, 1.165) is 44.8 Å². The number of anilines is 1. The molecule has 0 atom stereocenters. The van der Waals surface area contributed by atoms with Crippen LogP contribution in [0.5, 0.6) is 0 Å². The van der Waals surface area contributed by atoms with E-state index in [1.807, 2.05) is 18.2 Å². The Bertz CT molecular complexity index is 846. The number of piperazine rings is 1. The van der Waals surface area contributed by atoms with E-state index in [9.17, 15) is 9.59 Å². The normalized spacial score (nSPS) is 18.0. The smallest absolute Gasteiger partial charge is 0.315 e. The summed E-state index contributed by atoms with van der Waals surface area (Å²) in [7, 11) is 2.07. The number of amides is 2. The number of thiazole rings is 1. The van der Waals surface area contributed by atoms with Crippen molar-refractivity contribution in [1.29, 1.82) is 0 Å². The lowest BCUT2D eigenvalue weighted by Crippen LogP contribution is -2.51. The summed E-state index contributed by atoms with van der Waals surface area (Å²) >= 11 is 1.47. The molecule has 3 heterocycles. The van der Waals surface area contributed by atoms with E-state index >= 15 is 0 Å². The molecule has 0 unspecified atom stereocenters. The van der Waals surface area contributed by atoms with Crippen molar-refractivity contribution >= 4 is 28.3 Å². The Hall–Kier alpha value is -2.29. The largest absolute Gasteiger partial charge is 0.332 e. The summed E-state index contributed by atoms with van der Waals surface area (Å²) in [4.78, 5) is 36.8. The average Bonchev–Trinajstić information content (AvgIpc) is 3.10. The van der Waals surface area contributed by atoms with Crippen LogP contribution >= 0.6 is 11.3 Å². The van der Waals surface area contributed by atoms with E-state index in [1.54, 1.807) is 4.90 Å². The molecule has 1 fully saturated rings. The van der Waals surface area contributed by atoms with Gasteiger partial charge in [-0.05, 0) is 12.6 Å². The van der Waals surface area contributed by atoms with Crippen molar-refractivity contribution in [3.63, 3.8) is 0 Å². The monoisotopic (exact) mass is 399 g/mol. The second kappa shape index (κ2) is 8.38. The average molecular weight is 400 g/mol. The van der Waals surface area contributed by atoms with Crippen molar-refractivity contribution in [2.24, 2.45) is 0 Å². The van der Waals surface area contributed by atoms with Crippen LogP contribution in [-0.2, 0) is 29.1 Å². The zero-order chi connectivity index (χ0) is 19.5. The topological polar surface area (TPSA) is 68.8 Å². The number of hydrogen-bond donors (Lipinski definition) is 1. The second-order valence-electron chi connectivity index (χ2n) is 7.38. The quantitative estimate of drug-likeness (QED) is 0.791. The molecule has 8 heteroatoms. The van der Waals surface area contributed by atoms with Gasteiger partial charge in [-0.2, -0.15) is 0 Å². The number of nitrogens with zero attached hydrogens (tertiary/aromatic N) is 4. The number of aromatic nitrogens is 1. The van der Waals surface area contributed by atoms with Crippen molar-refractivity contribution in [3.05, 3.63) is 46.5 Å². The van der Waals surface area contributed by atoms with Crippen molar-refractivity contribution in [2.75, 3.05) is 45.1 Å². The first-order chi connectivity index (χ1) is 13.6. The summed E-state index contributed by atoms with van der Waals surface area (Å²) in [5.41, 5.74) is 2.30. The molecule has 0 radical (unpaired) electrons. The lowest BCUT2D eigenvalue weighted by molar-refractivity contribution is -0.144. The van der Waals surface area contributed by atoms with E-state index < -0.39 is 11.8 Å². The molecule has 2 aliphatic rings. The van der Waals surface area contributed by atoms with Crippen molar-refractivity contribution < 1.29 is 9.59 Å². The first-order valence-electron chi connectivity index (χ1n) is 9.62. The van der Waals surface area contributed by atoms with Gasteiger partial charge in [0.2, 0.25) is 0 Å². The highest BCUT2D eigenvalue weighted by atomic mass is 32.1. The van der Waals surface area contributed by atoms with Gasteiger partial charge in [0.15, 0.2) is 5.13 Å². The van der Waals surface area contributed by atoms with Crippen LogP contribution in [0.25, 0.3) is 0 Å². The number of carbonyl (C=O) groups excluding carboxylic acids is 2. The van der Waals surface area contributed by atoms with E-state index in [-0.39, 0.29) is 0 Å². The highest BCUT2D eigenvalue weighted by molar-refractivity contribution is 7.16. The Kier molecular flexibility index (Phi) is 5.70. The summed E-state index contributed by atoms with van der Waals surface area (Å²) < 4.78 is 0. The SMILES string of the molecule is CN1CCc2nc(NC(=O)C(=O)N3CCN(Cc4ccccc4)CC3)sc2C1. The van der Waals surface area contributed by atoms with E-state index in [0.29, 0.717) is 18.2 Å². The Labute approximate surface area is 169 Å². The summed E-state index contributed by atoms with van der Waals surface area (Å²) in [6.45, 7) is 5.36. The van der Waals surface area contributed by atoms with Crippen LogP contribution in [-0.4, -0.2) is 71.3 Å². The molecule has 1 aromatic carbocycles. The molecule has 7 nitrogen and oxygen atoms in total. The molecule has 2 aromatic rings. The maximum absolute atomic E-state index is 12.5. The highest BCUT2D eigenvalue weighted by Gasteiger charge is 2.27. The first kappa shape index (κ1) is 19.0. The van der Waals surface area contributed by atoms with Gasteiger partial charge in [0, 0.05) is 57.1 Å². The fourth-order valence-corrected chi connectivity index (χ4v) is 4.70. The van der Waals surface area contributed by atoms with Crippen LogP contribution in [0.4, 0.5) is 5.13 Å². The highest BCUT2D eigenvalue weighted by Crippen LogP contribution is 2.27. The third-order valence-corrected chi connectivity index (χ3v) is 6.24. The molecule has 4 rings (SSSR count). The molecule has 28 heavy (non-hydrogen) atoms. The Morgan fingerprint density at radius 1 is 1.11 bits per heavy atom. The van der Waals surface area contributed by atoms with Gasteiger partial charge >= 0.3 is 11.8 Å². The molecule has 0 bridgehead atoms. The number of hydrogen-bond acceptors (Lipinski definition) is 6. The number of carbonyl (C=O) groups is 2. The maximum Gasteiger partial charge on any atom is 0.315 e. The van der Waals surface area contributed by atoms with Crippen LogP contribution in [0.3, 0.4) is 0 Å². The first-order valence-corrected chi connectivity index (χ1v) is 10.4. The minimum absolute atomic E-state index is 0.468. The van der Waals surface area contributed by atoms with Crippen LogP contribution in [0, 0.1) is 0 Å². The van der Waals surface area contributed by atoms with Gasteiger partial charge in [0.1, 0.15) is 0 Å². The fraction of sp³-hybridized carbons (Fsp3) is 0.450. The minimum Gasteiger partial charge on any atom is -0.332 e. The molecule has 2 amide bonds. The number of rotatable bonds is 3. The van der Waals surface area contributed by atoms with Crippen LogP contribution in [0.15, 0.2) is 30.3 Å². The summed E-state index contributed by atoms with van der Waals surface area (Å²) in [6, 6.07) is 10.3. The molecule has 0 saturated carbocycles. The molecule has 1 aromatic heterocycles. The fourth-order valence-electron chi connectivity index (χ4n) is 3.62. The molecular weight excluding hydrogens is 374 g/mol. The van der Waals surface area contributed by atoms with E-state index in [2.05, 4.69) is 39.3 Å². The van der Waals surface area contributed by atoms with Crippen molar-refractivity contribution in [3.8, 4) is 0 Å². The summed E-state index contributed by atoms with van der Waals surface area (Å²) in [5, 5.41) is 3.24. The Morgan fingerprint density at radius 3 is 2.61 bits per heavy atom. The van der Waals surface area contributed by atoms with E-state index in [4.69, 9.17) is 0 Å². The maximum atomic E-state index is 12.5. The third kappa shape index (κ3) is 4.40. The number of benzene rings is 1. The third-order valence-electron chi connectivity index (χ3n) is 5.25. The minimum atomic E-state index is -0.587. The van der Waals surface area contributed by atoms with Gasteiger partial charge in [0.25, 0.3) is 0 Å². The summed E-state index contributed by atoms with van der Waals surface area (Å²) in [5.74, 6) is -1.05. The zero-order valence-electron chi connectivity index (χ0n) is 16.1. The lowest BCUT2D eigenvalue weighted by atomic mass is 10.2. The van der Waals surface area contributed by atoms with Crippen molar-refractivity contribution in [2.45, 2.75) is 19.5 Å². The van der Waals surface area contributed by atoms with Crippen LogP contribution < -0.4 is 5.32 Å². The van der Waals surface area contributed by atoms with E-state index in [1.165, 1.54) is 21.8 Å². The number of likely N-dealkylation sites (N-methyl/N-ethyl adjacent to an activating group) is 1. The Balaban J connectivity index is 1.28. The van der Waals surface area contributed by atoms with Gasteiger partial charge in [-0.3, -0.25) is 19.8 Å². The molecule has 1 saturated heterocycles. The van der Waals surface area contributed by atoms with Gasteiger partial charge in [-0.15, -0.1) is 11.3 Å². The predicted molar refractivity (Wildman–Crippen MR) is 109 cm³/mol. The molecular formula is C20H25N5O2S. The van der Waals surface area contributed by atoms with Crippen LogP contribution in [0.2, 0.25) is 0 Å². The molecule has 1 N–H and O–H groups in total. The lowest BCUT2D eigenvalue weighted by Gasteiger charge is -2.34. The standard InChI is InChI=1S/C20H25N5O2S/c1-23-8-7-16-17(14-23)28-20(21-16)22-18(26)19(27)25-11-9-24(10-12-25)13-15-5-3-2-4-6-15/h2-6H,7-14H2,1H3,(H,21,22,26). The van der Waals surface area contributed by atoms with Gasteiger partial charge in [-0.25, -0.2) is 4.98 Å². The molecule has 0 spiro atoms. The van der Waals surface area contributed by atoms with Crippen molar-refractivity contribution in [1.82, 2.24) is 19.7 Å². The molecule has 2 aliphatic heterocycles. The zero-order valence-corrected chi connectivity index (χ0v) is 16.9. The molecule has 0 aliphatic carbocycles.